The topological polar surface area (TPSA) is 46.9 Å². The molecule has 0 spiro atoms. The molecule has 0 aliphatic heterocycles. The summed E-state index contributed by atoms with van der Waals surface area (Å²) >= 11 is 5.93. The summed E-state index contributed by atoms with van der Waals surface area (Å²) in [6, 6.07) is 5.24. The number of amides is 1. The number of hydrogen-bond acceptors (Lipinski definition) is 2. The number of anilines is 1. The second-order valence-electron chi connectivity index (χ2n) is 6.30. The number of carbonyl (C=O) groups excluding carboxylic acids is 1. The fraction of sp³-hybridized carbons (Fsp3) is 0.412. The lowest BCUT2D eigenvalue weighted by Crippen LogP contribution is -2.26. The second-order valence-corrected chi connectivity index (χ2v) is 6.73. The molecule has 1 aliphatic rings. The number of aryl methyl sites for hydroxylation is 1. The smallest absolute Gasteiger partial charge is 0.324 e. The average molecular weight is 372 g/mol. The predicted octanol–water partition coefficient (Wildman–Crippen LogP) is 4.94. The van der Waals surface area contributed by atoms with Crippen molar-refractivity contribution in [1.82, 2.24) is 9.78 Å². The first-order valence-electron chi connectivity index (χ1n) is 7.90. The van der Waals surface area contributed by atoms with Gasteiger partial charge in [-0.2, -0.15) is 18.3 Å². The quantitative estimate of drug-likeness (QED) is 0.827. The lowest BCUT2D eigenvalue weighted by molar-refractivity contribution is -0.141. The maximum Gasteiger partial charge on any atom is 0.435 e. The Bertz CT molecular complexity index is 812. The molecule has 1 heterocycles. The molecule has 1 aromatic heterocycles. The van der Waals surface area contributed by atoms with E-state index in [0.717, 1.165) is 24.5 Å². The molecule has 8 heteroatoms. The first-order chi connectivity index (χ1) is 11.7. The van der Waals surface area contributed by atoms with E-state index in [9.17, 15) is 18.0 Å². The summed E-state index contributed by atoms with van der Waals surface area (Å²) in [6.07, 6.45) is -2.91. The zero-order valence-electron chi connectivity index (χ0n) is 13.7. The van der Waals surface area contributed by atoms with Crippen molar-refractivity contribution in [2.75, 3.05) is 5.32 Å². The molecule has 0 saturated heterocycles. The molecule has 1 atom stereocenters. The van der Waals surface area contributed by atoms with Crippen molar-refractivity contribution in [3.63, 3.8) is 0 Å². The third-order valence-corrected chi connectivity index (χ3v) is 4.49. The molecule has 4 nitrogen and oxygen atoms in total. The van der Waals surface area contributed by atoms with Crippen LogP contribution in [-0.2, 0) is 11.0 Å². The number of nitrogens with zero attached hydrogens (tertiary/aromatic N) is 2. The van der Waals surface area contributed by atoms with E-state index < -0.39 is 23.8 Å². The van der Waals surface area contributed by atoms with E-state index in [1.165, 1.54) is 11.6 Å². The molecule has 0 radical (unpaired) electrons. The number of nitrogens with one attached hydrogen (secondary N) is 1. The average Bonchev–Trinajstić information content (AvgIpc) is 3.27. The van der Waals surface area contributed by atoms with Crippen molar-refractivity contribution in [3.05, 3.63) is 46.2 Å². The Morgan fingerprint density at radius 3 is 2.64 bits per heavy atom. The molecule has 1 N–H and O–H groups in total. The van der Waals surface area contributed by atoms with Crippen molar-refractivity contribution in [1.29, 1.82) is 0 Å². The number of alkyl halides is 3. The summed E-state index contributed by atoms with van der Waals surface area (Å²) in [4.78, 5) is 12.5. The zero-order valence-corrected chi connectivity index (χ0v) is 14.4. The molecule has 1 aliphatic carbocycles. The van der Waals surface area contributed by atoms with Gasteiger partial charge in [-0.3, -0.25) is 9.48 Å². The Balaban J connectivity index is 1.87. The van der Waals surface area contributed by atoms with Gasteiger partial charge in [0.1, 0.15) is 6.04 Å². The molecule has 1 fully saturated rings. The monoisotopic (exact) mass is 371 g/mol. The largest absolute Gasteiger partial charge is 0.435 e. The standard InChI is InChI=1S/C17H17ClF3N3O/c1-9-3-6-12(18)7-13(9)22-16(25)10(2)24-14(11-4-5-11)8-15(23-24)17(19,20)21/h3,6-8,10-11H,4-5H2,1-2H3,(H,22,25). The fourth-order valence-corrected chi connectivity index (χ4v) is 2.79. The molecular weight excluding hydrogens is 355 g/mol. The van der Waals surface area contributed by atoms with Gasteiger partial charge in [0.25, 0.3) is 0 Å². The zero-order chi connectivity index (χ0) is 18.4. The van der Waals surface area contributed by atoms with Crippen LogP contribution >= 0.6 is 11.6 Å². The number of carbonyl (C=O) groups is 1. The molecule has 1 aromatic carbocycles. The highest BCUT2D eigenvalue weighted by atomic mass is 35.5. The molecule has 1 saturated carbocycles. The fourth-order valence-electron chi connectivity index (χ4n) is 2.62. The van der Waals surface area contributed by atoms with Crippen LogP contribution in [0.15, 0.2) is 24.3 Å². The van der Waals surface area contributed by atoms with Gasteiger partial charge in [-0.15, -0.1) is 0 Å². The third kappa shape index (κ3) is 3.81. The molecule has 134 valence electrons. The van der Waals surface area contributed by atoms with E-state index in [1.807, 2.05) is 6.92 Å². The van der Waals surface area contributed by atoms with E-state index in [2.05, 4.69) is 10.4 Å². The summed E-state index contributed by atoms with van der Waals surface area (Å²) in [5.41, 5.74) is 0.829. The summed E-state index contributed by atoms with van der Waals surface area (Å²) in [5.74, 6) is -0.407. The number of benzene rings is 1. The third-order valence-electron chi connectivity index (χ3n) is 4.25. The predicted molar refractivity (Wildman–Crippen MR) is 88.7 cm³/mol. The maximum absolute atomic E-state index is 13.0. The molecule has 0 bridgehead atoms. The minimum absolute atomic E-state index is 0.0340. The summed E-state index contributed by atoms with van der Waals surface area (Å²) in [6.45, 7) is 3.34. The molecule has 2 aromatic rings. The SMILES string of the molecule is Cc1ccc(Cl)cc1NC(=O)C(C)n1nc(C(F)(F)F)cc1C1CC1. The van der Waals surface area contributed by atoms with Gasteiger partial charge in [0.2, 0.25) is 5.91 Å². The van der Waals surface area contributed by atoms with Crippen LogP contribution in [-0.4, -0.2) is 15.7 Å². The van der Waals surface area contributed by atoms with Crippen molar-refractivity contribution in [2.24, 2.45) is 0 Å². The highest BCUT2D eigenvalue weighted by Crippen LogP contribution is 2.43. The first-order valence-corrected chi connectivity index (χ1v) is 8.28. The molecule has 1 amide bonds. The van der Waals surface area contributed by atoms with E-state index in [-0.39, 0.29) is 5.92 Å². The number of hydrogen-bond donors (Lipinski definition) is 1. The van der Waals surface area contributed by atoms with Crippen LogP contribution in [0.5, 0.6) is 0 Å². The van der Waals surface area contributed by atoms with Gasteiger partial charge in [-0.1, -0.05) is 17.7 Å². The molecule has 3 rings (SSSR count). The minimum Gasteiger partial charge on any atom is -0.324 e. The van der Waals surface area contributed by atoms with Gasteiger partial charge in [0, 0.05) is 22.3 Å². The van der Waals surface area contributed by atoms with E-state index in [4.69, 9.17) is 11.6 Å². The lowest BCUT2D eigenvalue weighted by Gasteiger charge is -2.17. The van der Waals surface area contributed by atoms with Crippen LogP contribution in [0.25, 0.3) is 0 Å². The Kier molecular flexibility index (Phi) is 4.53. The normalized spacial score (nSPS) is 15.9. The molecular formula is C17H17ClF3N3O. The Morgan fingerprint density at radius 2 is 2.04 bits per heavy atom. The van der Waals surface area contributed by atoms with Gasteiger partial charge >= 0.3 is 6.18 Å². The van der Waals surface area contributed by atoms with Crippen molar-refractivity contribution in [3.8, 4) is 0 Å². The van der Waals surface area contributed by atoms with E-state index in [0.29, 0.717) is 16.4 Å². The Labute approximate surface area is 148 Å². The van der Waals surface area contributed by atoms with Crippen LogP contribution in [0, 0.1) is 6.92 Å². The van der Waals surface area contributed by atoms with Gasteiger partial charge < -0.3 is 5.32 Å². The number of aromatic nitrogens is 2. The Morgan fingerprint density at radius 1 is 1.36 bits per heavy atom. The van der Waals surface area contributed by atoms with Crippen LogP contribution in [0.3, 0.4) is 0 Å². The van der Waals surface area contributed by atoms with Crippen molar-refractivity contribution in [2.45, 2.75) is 44.8 Å². The van der Waals surface area contributed by atoms with E-state index in [1.54, 1.807) is 18.2 Å². The molecule has 25 heavy (non-hydrogen) atoms. The van der Waals surface area contributed by atoms with Crippen LogP contribution in [0.2, 0.25) is 5.02 Å². The molecule has 1 unspecified atom stereocenters. The minimum atomic E-state index is -4.53. The van der Waals surface area contributed by atoms with Gasteiger partial charge in [0.15, 0.2) is 5.69 Å². The van der Waals surface area contributed by atoms with Crippen molar-refractivity contribution >= 4 is 23.2 Å². The van der Waals surface area contributed by atoms with E-state index >= 15 is 0 Å². The van der Waals surface area contributed by atoms with Gasteiger partial charge in [-0.05, 0) is 50.5 Å². The van der Waals surface area contributed by atoms with Gasteiger partial charge in [-0.25, -0.2) is 0 Å². The van der Waals surface area contributed by atoms with Crippen LogP contribution in [0.1, 0.15) is 48.7 Å². The van der Waals surface area contributed by atoms with Crippen LogP contribution < -0.4 is 5.32 Å². The first kappa shape index (κ1) is 17.8. The van der Waals surface area contributed by atoms with Crippen molar-refractivity contribution < 1.29 is 18.0 Å². The highest BCUT2D eigenvalue weighted by molar-refractivity contribution is 6.31. The maximum atomic E-state index is 13.0. The summed E-state index contributed by atoms with van der Waals surface area (Å²) in [7, 11) is 0. The number of rotatable bonds is 4. The van der Waals surface area contributed by atoms with Crippen LogP contribution in [0.4, 0.5) is 18.9 Å². The summed E-state index contributed by atoms with van der Waals surface area (Å²) in [5, 5.41) is 6.83. The second kappa shape index (κ2) is 6.37. The summed E-state index contributed by atoms with van der Waals surface area (Å²) < 4.78 is 40.1. The Hall–Kier alpha value is -2.02. The van der Waals surface area contributed by atoms with Gasteiger partial charge in [0.05, 0.1) is 0 Å². The number of halogens is 4. The lowest BCUT2D eigenvalue weighted by atomic mass is 10.2. The highest BCUT2D eigenvalue weighted by Gasteiger charge is 2.39.